The zero-order valence-electron chi connectivity index (χ0n) is 16.5. The average molecular weight is 389 g/mol. The van der Waals surface area contributed by atoms with Crippen molar-refractivity contribution in [2.75, 3.05) is 25.0 Å². The Morgan fingerprint density at radius 1 is 1.14 bits per heavy atom. The number of benzene rings is 1. The SMILES string of the molecule is CN(c1nc(-c2ccncc2)cc(=O)n1C)C1CCN(C(=O)c2ccccc2)C1. The Kier molecular flexibility index (Phi) is 5.12. The lowest BCUT2D eigenvalue weighted by Gasteiger charge is -2.27. The Hall–Kier alpha value is -3.48. The van der Waals surface area contributed by atoms with E-state index in [2.05, 4.69) is 4.98 Å². The Labute approximate surface area is 169 Å². The van der Waals surface area contributed by atoms with Crippen LogP contribution in [0.1, 0.15) is 16.8 Å². The fraction of sp³-hybridized carbons (Fsp3) is 0.273. The van der Waals surface area contributed by atoms with Gasteiger partial charge in [-0.05, 0) is 30.7 Å². The third-order valence-corrected chi connectivity index (χ3v) is 5.42. The number of likely N-dealkylation sites (tertiary alicyclic amines) is 1. The minimum atomic E-state index is -0.121. The largest absolute Gasteiger partial charge is 0.340 e. The maximum atomic E-state index is 12.7. The Bertz CT molecular complexity index is 1070. The third-order valence-electron chi connectivity index (χ3n) is 5.42. The molecule has 7 heteroatoms. The summed E-state index contributed by atoms with van der Waals surface area (Å²) in [4.78, 5) is 37.9. The van der Waals surface area contributed by atoms with Crippen LogP contribution >= 0.6 is 0 Å². The van der Waals surface area contributed by atoms with Crippen molar-refractivity contribution in [3.8, 4) is 11.3 Å². The first-order valence-electron chi connectivity index (χ1n) is 9.60. The highest BCUT2D eigenvalue weighted by molar-refractivity contribution is 5.94. The summed E-state index contributed by atoms with van der Waals surface area (Å²) in [6.45, 7) is 1.28. The zero-order chi connectivity index (χ0) is 20.4. The average Bonchev–Trinajstić information content (AvgIpc) is 3.26. The molecule has 4 rings (SSSR count). The molecule has 1 unspecified atom stereocenters. The number of aromatic nitrogens is 3. The van der Waals surface area contributed by atoms with Crippen LogP contribution in [-0.2, 0) is 7.05 Å². The predicted octanol–water partition coefficient (Wildman–Crippen LogP) is 2.19. The second kappa shape index (κ2) is 7.87. The van der Waals surface area contributed by atoms with Gasteiger partial charge in [0.15, 0.2) is 0 Å². The van der Waals surface area contributed by atoms with Crippen LogP contribution < -0.4 is 10.5 Å². The van der Waals surface area contributed by atoms with Crippen molar-refractivity contribution in [3.05, 3.63) is 76.8 Å². The number of anilines is 1. The van der Waals surface area contributed by atoms with E-state index in [4.69, 9.17) is 4.98 Å². The fourth-order valence-corrected chi connectivity index (χ4v) is 3.68. The summed E-state index contributed by atoms with van der Waals surface area (Å²) in [5, 5.41) is 0. The minimum absolute atomic E-state index is 0.0360. The van der Waals surface area contributed by atoms with E-state index in [0.717, 1.165) is 12.0 Å². The van der Waals surface area contributed by atoms with Gasteiger partial charge >= 0.3 is 0 Å². The molecule has 1 aromatic carbocycles. The molecule has 1 aliphatic rings. The number of pyridine rings is 1. The molecule has 7 nitrogen and oxygen atoms in total. The highest BCUT2D eigenvalue weighted by Crippen LogP contribution is 2.23. The molecule has 148 valence electrons. The number of likely N-dealkylation sites (N-methyl/N-ethyl adjacent to an activating group) is 1. The molecule has 0 saturated carbocycles. The van der Waals surface area contributed by atoms with Gasteiger partial charge in [0.1, 0.15) is 0 Å². The van der Waals surface area contributed by atoms with E-state index >= 15 is 0 Å². The molecule has 0 aliphatic carbocycles. The van der Waals surface area contributed by atoms with Crippen LogP contribution in [0.25, 0.3) is 11.3 Å². The van der Waals surface area contributed by atoms with Crippen LogP contribution in [0.3, 0.4) is 0 Å². The van der Waals surface area contributed by atoms with Crippen molar-refractivity contribution in [3.63, 3.8) is 0 Å². The van der Waals surface area contributed by atoms with Crippen LogP contribution in [0.5, 0.6) is 0 Å². The van der Waals surface area contributed by atoms with Crippen molar-refractivity contribution in [1.29, 1.82) is 0 Å². The van der Waals surface area contributed by atoms with Crippen molar-refractivity contribution in [1.82, 2.24) is 19.4 Å². The van der Waals surface area contributed by atoms with Crippen LogP contribution in [0.2, 0.25) is 0 Å². The van der Waals surface area contributed by atoms with Crippen molar-refractivity contribution in [2.24, 2.45) is 7.05 Å². The molecule has 29 heavy (non-hydrogen) atoms. The Balaban J connectivity index is 1.57. The van der Waals surface area contributed by atoms with Crippen molar-refractivity contribution in [2.45, 2.75) is 12.5 Å². The summed E-state index contributed by atoms with van der Waals surface area (Å²) >= 11 is 0. The predicted molar refractivity (Wildman–Crippen MR) is 112 cm³/mol. The van der Waals surface area contributed by atoms with Crippen molar-refractivity contribution < 1.29 is 4.79 Å². The lowest BCUT2D eigenvalue weighted by molar-refractivity contribution is 0.0790. The second-order valence-electron chi connectivity index (χ2n) is 7.25. The summed E-state index contributed by atoms with van der Waals surface area (Å²) in [6.07, 6.45) is 4.19. The van der Waals surface area contributed by atoms with Gasteiger partial charge < -0.3 is 9.80 Å². The minimum Gasteiger partial charge on any atom is -0.340 e. The lowest BCUT2D eigenvalue weighted by atomic mass is 10.2. The van der Waals surface area contributed by atoms with Crippen LogP contribution in [0, 0.1) is 0 Å². The smallest absolute Gasteiger partial charge is 0.255 e. The highest BCUT2D eigenvalue weighted by atomic mass is 16.2. The first kappa shape index (κ1) is 18.9. The van der Waals surface area contributed by atoms with Crippen LogP contribution in [0.15, 0.2) is 65.7 Å². The summed E-state index contributed by atoms with van der Waals surface area (Å²) in [5.41, 5.74) is 2.04. The van der Waals surface area contributed by atoms with E-state index < -0.39 is 0 Å². The van der Waals surface area contributed by atoms with Gasteiger partial charge in [-0.3, -0.25) is 19.1 Å². The molecule has 1 aliphatic heterocycles. The summed E-state index contributed by atoms with van der Waals surface area (Å²) < 4.78 is 1.55. The van der Waals surface area contributed by atoms with Gasteiger partial charge in [0.25, 0.3) is 11.5 Å². The molecule has 1 amide bonds. The van der Waals surface area contributed by atoms with E-state index in [0.29, 0.717) is 30.3 Å². The summed E-state index contributed by atoms with van der Waals surface area (Å²) in [6, 6.07) is 14.6. The summed E-state index contributed by atoms with van der Waals surface area (Å²) in [5.74, 6) is 0.622. The summed E-state index contributed by atoms with van der Waals surface area (Å²) in [7, 11) is 3.65. The standard InChI is InChI=1S/C22H23N5O2/c1-25(18-10-13-27(15-18)21(29)17-6-4-3-5-7-17)22-24-19(14-20(28)26(22)2)16-8-11-23-12-9-16/h3-9,11-12,14,18H,10,13,15H2,1-2H3. The molecule has 0 radical (unpaired) electrons. The van der Waals surface area contributed by atoms with Gasteiger partial charge in [-0.25, -0.2) is 4.98 Å². The quantitative estimate of drug-likeness (QED) is 0.684. The van der Waals surface area contributed by atoms with E-state index in [1.54, 1.807) is 24.0 Å². The van der Waals surface area contributed by atoms with Crippen molar-refractivity contribution >= 4 is 11.9 Å². The molecule has 3 aromatic rings. The molecule has 1 fully saturated rings. The van der Waals surface area contributed by atoms with Gasteiger partial charge in [0.2, 0.25) is 5.95 Å². The maximum Gasteiger partial charge on any atom is 0.255 e. The molecule has 3 heterocycles. The molecule has 0 spiro atoms. The topological polar surface area (TPSA) is 71.3 Å². The second-order valence-corrected chi connectivity index (χ2v) is 7.25. The van der Waals surface area contributed by atoms with Gasteiger partial charge in [-0.2, -0.15) is 0 Å². The molecule has 0 bridgehead atoms. The van der Waals surface area contributed by atoms with Gasteiger partial charge in [0.05, 0.1) is 11.7 Å². The molecule has 1 atom stereocenters. The lowest BCUT2D eigenvalue weighted by Crippen LogP contribution is -2.39. The van der Waals surface area contributed by atoms with Gasteiger partial charge in [-0.15, -0.1) is 0 Å². The van der Waals surface area contributed by atoms with E-state index in [9.17, 15) is 9.59 Å². The first-order chi connectivity index (χ1) is 14.0. The number of amides is 1. The zero-order valence-corrected chi connectivity index (χ0v) is 16.5. The number of rotatable bonds is 4. The Morgan fingerprint density at radius 3 is 2.59 bits per heavy atom. The van der Waals surface area contributed by atoms with Crippen LogP contribution in [-0.4, -0.2) is 51.5 Å². The molecule has 2 aromatic heterocycles. The monoisotopic (exact) mass is 389 g/mol. The number of hydrogen-bond acceptors (Lipinski definition) is 5. The first-order valence-corrected chi connectivity index (χ1v) is 9.60. The number of carbonyl (C=O) groups excluding carboxylic acids is 1. The maximum absolute atomic E-state index is 12.7. The normalized spacial score (nSPS) is 16.1. The number of nitrogens with zero attached hydrogens (tertiary/aromatic N) is 5. The molecule has 1 saturated heterocycles. The van der Waals surface area contributed by atoms with E-state index in [-0.39, 0.29) is 17.5 Å². The highest BCUT2D eigenvalue weighted by Gasteiger charge is 2.31. The van der Waals surface area contributed by atoms with E-state index in [1.165, 1.54) is 6.07 Å². The van der Waals surface area contributed by atoms with Gasteiger partial charge in [0, 0.05) is 56.8 Å². The number of carbonyl (C=O) groups is 1. The van der Waals surface area contributed by atoms with Gasteiger partial charge in [-0.1, -0.05) is 18.2 Å². The fourth-order valence-electron chi connectivity index (χ4n) is 3.68. The number of hydrogen-bond donors (Lipinski definition) is 0. The Morgan fingerprint density at radius 2 is 1.86 bits per heavy atom. The molecule has 0 N–H and O–H groups in total. The van der Waals surface area contributed by atoms with Crippen LogP contribution in [0.4, 0.5) is 5.95 Å². The molecular weight excluding hydrogens is 366 g/mol. The third kappa shape index (κ3) is 3.76. The van der Waals surface area contributed by atoms with E-state index in [1.807, 2.05) is 59.3 Å². The molecular formula is C22H23N5O2.